The van der Waals surface area contributed by atoms with E-state index in [2.05, 4.69) is 6.92 Å². The van der Waals surface area contributed by atoms with Crippen molar-refractivity contribution in [2.45, 2.75) is 52.1 Å². The fourth-order valence-corrected chi connectivity index (χ4v) is 1.96. The molecule has 0 aromatic heterocycles. The second-order valence-corrected chi connectivity index (χ2v) is 4.77. The van der Waals surface area contributed by atoms with Crippen LogP contribution < -0.4 is 0 Å². The fraction of sp³-hybridized carbons (Fsp3) is 0.471. The Morgan fingerprint density at radius 2 is 1.95 bits per heavy atom. The Morgan fingerprint density at radius 1 is 1.21 bits per heavy atom. The molecule has 0 aliphatic carbocycles. The third-order valence-electron chi connectivity index (χ3n) is 2.96. The normalized spacial score (nSPS) is 12.5. The summed E-state index contributed by atoms with van der Waals surface area (Å²) in [6, 6.07) is 10.1. The van der Waals surface area contributed by atoms with Gasteiger partial charge in [0.1, 0.15) is 6.10 Å². The fourth-order valence-electron chi connectivity index (χ4n) is 1.96. The summed E-state index contributed by atoms with van der Waals surface area (Å²) in [6.45, 7) is 3.66. The minimum absolute atomic E-state index is 0.102. The molecule has 0 amide bonds. The molecule has 0 aliphatic heterocycles. The summed E-state index contributed by atoms with van der Waals surface area (Å²) >= 11 is 0. The molecule has 19 heavy (non-hydrogen) atoms. The van der Waals surface area contributed by atoms with Gasteiger partial charge in [0, 0.05) is 6.92 Å². The Hall–Kier alpha value is -1.57. The first-order chi connectivity index (χ1) is 9.22. The van der Waals surface area contributed by atoms with Gasteiger partial charge in [-0.15, -0.1) is 0 Å². The average molecular weight is 260 g/mol. The van der Waals surface area contributed by atoms with Crippen LogP contribution in [0.3, 0.4) is 0 Å². The molecule has 0 heterocycles. The summed E-state index contributed by atoms with van der Waals surface area (Å²) in [5.41, 5.74) is 1.13. The number of carbonyl (C=O) groups is 1. The zero-order valence-corrected chi connectivity index (χ0v) is 12.0. The van der Waals surface area contributed by atoms with E-state index in [1.165, 1.54) is 26.2 Å². The quantitative estimate of drug-likeness (QED) is 0.504. The zero-order chi connectivity index (χ0) is 13.9. The van der Waals surface area contributed by atoms with Gasteiger partial charge < -0.3 is 4.74 Å². The van der Waals surface area contributed by atoms with Crippen LogP contribution in [-0.2, 0) is 9.53 Å². The van der Waals surface area contributed by atoms with Crippen LogP contribution in [0, 0.1) is 0 Å². The number of carbonyl (C=O) groups excluding carboxylic acids is 1. The van der Waals surface area contributed by atoms with Gasteiger partial charge in [-0.05, 0) is 24.5 Å². The molecule has 0 aliphatic rings. The van der Waals surface area contributed by atoms with Crippen molar-refractivity contribution in [2.24, 2.45) is 0 Å². The highest BCUT2D eigenvalue weighted by molar-refractivity contribution is 5.66. The van der Waals surface area contributed by atoms with Crippen LogP contribution in [0.25, 0.3) is 6.08 Å². The molecule has 2 nitrogen and oxygen atoms in total. The number of unbranched alkanes of at least 4 members (excludes halogenated alkanes) is 3. The van der Waals surface area contributed by atoms with Crippen LogP contribution in [0.15, 0.2) is 36.4 Å². The second kappa shape index (κ2) is 9.37. The number of ether oxygens (including phenoxy) is 1. The number of esters is 1. The lowest BCUT2D eigenvalue weighted by Crippen LogP contribution is -2.13. The van der Waals surface area contributed by atoms with Crippen molar-refractivity contribution in [2.75, 3.05) is 0 Å². The third-order valence-corrected chi connectivity index (χ3v) is 2.96. The van der Waals surface area contributed by atoms with Crippen molar-refractivity contribution < 1.29 is 9.53 Å². The highest BCUT2D eigenvalue weighted by Gasteiger charge is 2.07. The molecule has 0 saturated carbocycles. The molecule has 1 unspecified atom stereocenters. The molecule has 0 spiro atoms. The molecule has 0 saturated heterocycles. The second-order valence-electron chi connectivity index (χ2n) is 4.77. The molecule has 1 aromatic carbocycles. The lowest BCUT2D eigenvalue weighted by molar-refractivity contribution is -0.144. The number of rotatable bonds is 8. The van der Waals surface area contributed by atoms with Crippen LogP contribution in [-0.4, -0.2) is 12.1 Å². The third kappa shape index (κ3) is 7.45. The lowest BCUT2D eigenvalue weighted by atomic mass is 10.1. The molecule has 1 aromatic rings. The maximum absolute atomic E-state index is 11.1. The van der Waals surface area contributed by atoms with Crippen molar-refractivity contribution in [1.29, 1.82) is 0 Å². The van der Waals surface area contributed by atoms with Crippen molar-refractivity contribution in [3.63, 3.8) is 0 Å². The Bertz CT molecular complexity index is 382. The molecule has 0 fully saturated rings. The monoisotopic (exact) mass is 260 g/mol. The Labute approximate surface area is 116 Å². The van der Waals surface area contributed by atoms with E-state index in [-0.39, 0.29) is 12.1 Å². The van der Waals surface area contributed by atoms with E-state index >= 15 is 0 Å². The van der Waals surface area contributed by atoms with E-state index in [4.69, 9.17) is 4.74 Å². The van der Waals surface area contributed by atoms with Gasteiger partial charge in [0.05, 0.1) is 0 Å². The first-order valence-corrected chi connectivity index (χ1v) is 7.13. The van der Waals surface area contributed by atoms with Crippen LogP contribution in [0.4, 0.5) is 0 Å². The van der Waals surface area contributed by atoms with Crippen LogP contribution >= 0.6 is 0 Å². The van der Waals surface area contributed by atoms with Crippen molar-refractivity contribution in [3.05, 3.63) is 42.0 Å². The smallest absolute Gasteiger partial charge is 0.303 e. The van der Waals surface area contributed by atoms with E-state index in [1.807, 2.05) is 42.5 Å². The minimum atomic E-state index is -0.210. The molecule has 2 heteroatoms. The predicted octanol–water partition coefficient (Wildman–Crippen LogP) is 4.60. The molecule has 0 radical (unpaired) electrons. The van der Waals surface area contributed by atoms with Crippen molar-refractivity contribution in [1.82, 2.24) is 0 Å². The minimum Gasteiger partial charge on any atom is -0.458 e. The topological polar surface area (TPSA) is 26.3 Å². The Kier molecular flexibility index (Phi) is 7.64. The first-order valence-electron chi connectivity index (χ1n) is 7.13. The molecule has 1 rings (SSSR count). The Balaban J connectivity index is 2.48. The molecule has 104 valence electrons. The zero-order valence-electron chi connectivity index (χ0n) is 12.0. The number of hydrogen-bond donors (Lipinski definition) is 0. The summed E-state index contributed by atoms with van der Waals surface area (Å²) in [5.74, 6) is -0.210. The SMILES string of the molecule is CCCCCCC(/C=C/c1ccccc1)OC(C)=O. The molecular formula is C17H24O2. The van der Waals surface area contributed by atoms with E-state index in [1.54, 1.807) is 0 Å². The van der Waals surface area contributed by atoms with Gasteiger partial charge >= 0.3 is 5.97 Å². The molecular weight excluding hydrogens is 236 g/mol. The number of hydrogen-bond acceptors (Lipinski definition) is 2. The summed E-state index contributed by atoms with van der Waals surface area (Å²) < 4.78 is 5.33. The summed E-state index contributed by atoms with van der Waals surface area (Å²) in [7, 11) is 0. The van der Waals surface area contributed by atoms with E-state index < -0.39 is 0 Å². The van der Waals surface area contributed by atoms with Crippen molar-refractivity contribution in [3.8, 4) is 0 Å². The van der Waals surface area contributed by atoms with Crippen LogP contribution in [0.1, 0.15) is 51.5 Å². The van der Waals surface area contributed by atoms with Gasteiger partial charge in [0.2, 0.25) is 0 Å². The molecule has 1 atom stereocenters. The summed E-state index contributed by atoms with van der Waals surface area (Å²) in [6.07, 6.45) is 9.58. The molecule has 0 N–H and O–H groups in total. The van der Waals surface area contributed by atoms with Gasteiger partial charge in [0.25, 0.3) is 0 Å². The van der Waals surface area contributed by atoms with E-state index in [0.717, 1.165) is 18.4 Å². The van der Waals surface area contributed by atoms with E-state index in [0.29, 0.717) is 0 Å². The molecule has 0 bridgehead atoms. The van der Waals surface area contributed by atoms with Gasteiger partial charge in [-0.2, -0.15) is 0 Å². The summed E-state index contributed by atoms with van der Waals surface area (Å²) in [5, 5.41) is 0. The first kappa shape index (κ1) is 15.5. The lowest BCUT2D eigenvalue weighted by Gasteiger charge is -2.12. The van der Waals surface area contributed by atoms with Crippen LogP contribution in [0.2, 0.25) is 0 Å². The van der Waals surface area contributed by atoms with E-state index in [9.17, 15) is 4.79 Å². The Morgan fingerprint density at radius 3 is 2.58 bits per heavy atom. The largest absolute Gasteiger partial charge is 0.458 e. The van der Waals surface area contributed by atoms with Gasteiger partial charge in [-0.25, -0.2) is 0 Å². The maximum atomic E-state index is 11.1. The maximum Gasteiger partial charge on any atom is 0.303 e. The standard InChI is InChI=1S/C17H24O2/c1-3-4-5-9-12-17(19-15(2)18)14-13-16-10-7-6-8-11-16/h6-8,10-11,13-14,17H,3-5,9,12H2,1-2H3/b14-13+. The van der Waals surface area contributed by atoms with Crippen LogP contribution in [0.5, 0.6) is 0 Å². The van der Waals surface area contributed by atoms with Gasteiger partial charge in [-0.1, -0.05) is 62.6 Å². The highest BCUT2D eigenvalue weighted by Crippen LogP contribution is 2.12. The van der Waals surface area contributed by atoms with Crippen molar-refractivity contribution >= 4 is 12.0 Å². The van der Waals surface area contributed by atoms with Gasteiger partial charge in [0.15, 0.2) is 0 Å². The van der Waals surface area contributed by atoms with Gasteiger partial charge in [-0.3, -0.25) is 4.79 Å². The highest BCUT2D eigenvalue weighted by atomic mass is 16.5. The number of benzene rings is 1. The average Bonchev–Trinajstić information content (AvgIpc) is 2.41. The predicted molar refractivity (Wildman–Crippen MR) is 79.8 cm³/mol. The summed E-state index contributed by atoms with van der Waals surface area (Å²) in [4.78, 5) is 11.1.